The molecule has 4 rings (SSSR count). The summed E-state index contributed by atoms with van der Waals surface area (Å²) in [6.07, 6.45) is -2.06. The summed E-state index contributed by atoms with van der Waals surface area (Å²) in [5.74, 6) is 0.593. The van der Waals surface area contributed by atoms with Crippen LogP contribution in [0.1, 0.15) is 5.89 Å². The molecular formula is C18H16N2O5. The molecule has 3 N–H and O–H groups in total. The van der Waals surface area contributed by atoms with Crippen molar-refractivity contribution >= 4 is 16.5 Å². The van der Waals surface area contributed by atoms with E-state index in [1.807, 2.05) is 42.5 Å². The van der Waals surface area contributed by atoms with Crippen molar-refractivity contribution in [2.24, 2.45) is 0 Å². The second-order valence-electron chi connectivity index (χ2n) is 5.84. The summed E-state index contributed by atoms with van der Waals surface area (Å²) in [5, 5.41) is 34.9. The van der Waals surface area contributed by atoms with Gasteiger partial charge in [0, 0.05) is 5.56 Å². The Morgan fingerprint density at radius 1 is 1.04 bits per heavy atom. The van der Waals surface area contributed by atoms with Gasteiger partial charge in [-0.25, -0.2) is 0 Å². The minimum atomic E-state index is -1.21. The SMILES string of the molecule is OC[C@H]1OC(c2nc(-c3ccc4ccccc4c3)no2)=C[C@@H](O)[C@@H]1O. The van der Waals surface area contributed by atoms with Crippen LogP contribution in [0.4, 0.5) is 0 Å². The van der Waals surface area contributed by atoms with E-state index in [-0.39, 0.29) is 11.6 Å². The highest BCUT2D eigenvalue weighted by Crippen LogP contribution is 2.28. The Hall–Kier alpha value is -2.74. The molecule has 2 aromatic carbocycles. The first-order valence-electron chi connectivity index (χ1n) is 7.84. The summed E-state index contributed by atoms with van der Waals surface area (Å²) in [4.78, 5) is 4.29. The second-order valence-corrected chi connectivity index (χ2v) is 5.84. The third-order valence-corrected chi connectivity index (χ3v) is 4.16. The van der Waals surface area contributed by atoms with E-state index in [1.165, 1.54) is 6.08 Å². The first-order chi connectivity index (χ1) is 12.2. The summed E-state index contributed by atoms with van der Waals surface area (Å²) in [5.41, 5.74) is 0.782. The maximum absolute atomic E-state index is 9.85. The zero-order chi connectivity index (χ0) is 17.4. The molecule has 0 fully saturated rings. The van der Waals surface area contributed by atoms with Crippen molar-refractivity contribution in [3.63, 3.8) is 0 Å². The van der Waals surface area contributed by atoms with Crippen molar-refractivity contribution in [2.75, 3.05) is 6.61 Å². The molecule has 1 aliphatic heterocycles. The van der Waals surface area contributed by atoms with E-state index in [0.717, 1.165) is 16.3 Å². The lowest BCUT2D eigenvalue weighted by Crippen LogP contribution is -2.43. The minimum absolute atomic E-state index is 0.0764. The standard InChI is InChI=1S/C18H16N2O5/c21-9-15-16(23)13(22)8-14(24-15)18-19-17(20-25-18)12-6-5-10-3-1-2-4-11(10)7-12/h1-8,13,15-16,21-23H,9H2/t13-,15-,16+/m1/s1. The average Bonchev–Trinajstić information content (AvgIpc) is 3.13. The number of benzene rings is 2. The molecule has 1 aliphatic rings. The van der Waals surface area contributed by atoms with Crippen molar-refractivity contribution in [3.8, 4) is 11.4 Å². The highest BCUT2D eigenvalue weighted by Gasteiger charge is 2.34. The monoisotopic (exact) mass is 340 g/mol. The largest absolute Gasteiger partial charge is 0.480 e. The molecule has 128 valence electrons. The first kappa shape index (κ1) is 15.8. The Kier molecular flexibility index (Phi) is 3.96. The molecule has 0 aliphatic carbocycles. The lowest BCUT2D eigenvalue weighted by molar-refractivity contribution is -0.0735. The van der Waals surface area contributed by atoms with Crippen molar-refractivity contribution in [1.82, 2.24) is 10.1 Å². The summed E-state index contributed by atoms with van der Waals surface area (Å²) >= 11 is 0. The van der Waals surface area contributed by atoms with Crippen LogP contribution in [0.2, 0.25) is 0 Å². The minimum Gasteiger partial charge on any atom is -0.480 e. The van der Waals surface area contributed by atoms with Gasteiger partial charge in [-0.2, -0.15) is 4.98 Å². The zero-order valence-electron chi connectivity index (χ0n) is 13.1. The Labute approximate surface area is 142 Å². The lowest BCUT2D eigenvalue weighted by atomic mass is 10.0. The summed E-state index contributed by atoms with van der Waals surface area (Å²) in [7, 11) is 0. The number of aliphatic hydroxyl groups excluding tert-OH is 3. The van der Waals surface area contributed by atoms with Gasteiger partial charge in [-0.1, -0.05) is 41.6 Å². The number of nitrogens with zero attached hydrogens (tertiary/aromatic N) is 2. The topological polar surface area (TPSA) is 109 Å². The smallest absolute Gasteiger partial charge is 0.293 e. The molecule has 1 aromatic heterocycles. The molecule has 0 saturated carbocycles. The van der Waals surface area contributed by atoms with Crippen LogP contribution in [0, 0.1) is 0 Å². The van der Waals surface area contributed by atoms with Crippen LogP contribution in [0.5, 0.6) is 0 Å². The van der Waals surface area contributed by atoms with Crippen LogP contribution in [-0.4, -0.2) is 50.4 Å². The number of rotatable bonds is 3. The van der Waals surface area contributed by atoms with Crippen molar-refractivity contribution in [1.29, 1.82) is 0 Å². The van der Waals surface area contributed by atoms with Crippen LogP contribution in [-0.2, 0) is 4.74 Å². The molecular weight excluding hydrogens is 324 g/mol. The first-order valence-corrected chi connectivity index (χ1v) is 7.84. The number of aromatic nitrogens is 2. The third-order valence-electron chi connectivity index (χ3n) is 4.16. The highest BCUT2D eigenvalue weighted by molar-refractivity contribution is 5.86. The quantitative estimate of drug-likeness (QED) is 0.660. The van der Waals surface area contributed by atoms with Gasteiger partial charge in [0.25, 0.3) is 5.89 Å². The van der Waals surface area contributed by atoms with E-state index in [0.29, 0.717) is 5.82 Å². The molecule has 0 radical (unpaired) electrons. The summed E-state index contributed by atoms with van der Waals surface area (Å²) in [6.45, 7) is -0.443. The molecule has 3 atom stereocenters. The molecule has 3 aromatic rings. The molecule has 0 spiro atoms. The van der Waals surface area contributed by atoms with Gasteiger partial charge in [0.15, 0.2) is 11.9 Å². The van der Waals surface area contributed by atoms with E-state index in [2.05, 4.69) is 10.1 Å². The van der Waals surface area contributed by atoms with Gasteiger partial charge >= 0.3 is 0 Å². The van der Waals surface area contributed by atoms with Gasteiger partial charge in [0.05, 0.1) is 6.61 Å². The lowest BCUT2D eigenvalue weighted by Gasteiger charge is -2.29. The number of ether oxygens (including phenoxy) is 1. The van der Waals surface area contributed by atoms with Gasteiger partial charge in [-0.3, -0.25) is 0 Å². The molecule has 7 heteroatoms. The maximum atomic E-state index is 9.85. The summed E-state index contributed by atoms with van der Waals surface area (Å²) < 4.78 is 10.6. The van der Waals surface area contributed by atoms with Crippen LogP contribution < -0.4 is 0 Å². The molecule has 0 saturated heterocycles. The number of fused-ring (bicyclic) bond motifs is 1. The Morgan fingerprint density at radius 3 is 2.64 bits per heavy atom. The summed E-state index contributed by atoms with van der Waals surface area (Å²) in [6, 6.07) is 13.8. The van der Waals surface area contributed by atoms with E-state index >= 15 is 0 Å². The van der Waals surface area contributed by atoms with Crippen molar-refractivity contribution in [2.45, 2.75) is 18.3 Å². The zero-order valence-corrected chi connectivity index (χ0v) is 13.1. The fourth-order valence-corrected chi connectivity index (χ4v) is 2.78. The van der Waals surface area contributed by atoms with Crippen molar-refractivity contribution in [3.05, 3.63) is 54.4 Å². The van der Waals surface area contributed by atoms with E-state index in [9.17, 15) is 15.3 Å². The van der Waals surface area contributed by atoms with Crippen molar-refractivity contribution < 1.29 is 24.6 Å². The number of hydrogen-bond donors (Lipinski definition) is 3. The second kappa shape index (κ2) is 6.29. The predicted octanol–water partition coefficient (Wildman–Crippen LogP) is 1.34. The van der Waals surface area contributed by atoms with Gasteiger partial charge < -0.3 is 24.6 Å². The van der Waals surface area contributed by atoms with Gasteiger partial charge in [0.1, 0.15) is 12.2 Å². The van der Waals surface area contributed by atoms with Gasteiger partial charge in [-0.15, -0.1) is 0 Å². The van der Waals surface area contributed by atoms with E-state index in [1.54, 1.807) is 0 Å². The molecule has 25 heavy (non-hydrogen) atoms. The molecule has 0 unspecified atom stereocenters. The average molecular weight is 340 g/mol. The van der Waals surface area contributed by atoms with Gasteiger partial charge in [-0.05, 0) is 22.9 Å². The highest BCUT2D eigenvalue weighted by atomic mass is 16.5. The fraction of sp³-hybridized carbons (Fsp3) is 0.222. The van der Waals surface area contributed by atoms with Gasteiger partial charge in [0.2, 0.25) is 5.82 Å². The van der Waals surface area contributed by atoms with E-state index < -0.39 is 24.9 Å². The van der Waals surface area contributed by atoms with Crippen LogP contribution in [0.3, 0.4) is 0 Å². The number of hydrogen-bond acceptors (Lipinski definition) is 7. The van der Waals surface area contributed by atoms with Crippen LogP contribution in [0.25, 0.3) is 27.9 Å². The number of aliphatic hydroxyl groups is 3. The third kappa shape index (κ3) is 2.89. The molecule has 0 amide bonds. The van der Waals surface area contributed by atoms with Crippen LogP contribution >= 0.6 is 0 Å². The molecule has 0 bridgehead atoms. The molecule has 7 nitrogen and oxygen atoms in total. The Morgan fingerprint density at radius 2 is 1.84 bits per heavy atom. The Balaban J connectivity index is 1.66. The van der Waals surface area contributed by atoms with E-state index in [4.69, 9.17) is 9.26 Å². The Bertz CT molecular complexity index is 936. The fourth-order valence-electron chi connectivity index (χ4n) is 2.78. The predicted molar refractivity (Wildman–Crippen MR) is 89.2 cm³/mol. The maximum Gasteiger partial charge on any atom is 0.293 e. The van der Waals surface area contributed by atoms with Crippen LogP contribution in [0.15, 0.2) is 53.1 Å². The molecule has 2 heterocycles. The normalized spacial score (nSPS) is 23.3.